The molecular weight excluding hydrogens is 372 g/mol. The fraction of sp³-hybridized carbons (Fsp3) is 0.400. The molecule has 0 aliphatic carbocycles. The average molecular weight is 401 g/mol. The van der Waals surface area contributed by atoms with Gasteiger partial charge in [0.2, 0.25) is 5.91 Å². The maximum Gasteiger partial charge on any atom is 0.225 e. The summed E-state index contributed by atoms with van der Waals surface area (Å²) in [6.07, 6.45) is 9.35. The Morgan fingerprint density at radius 2 is 1.80 bits per heavy atom. The average Bonchev–Trinajstić information content (AvgIpc) is 2.80. The third kappa shape index (κ3) is 5.07. The molecule has 5 heteroatoms. The number of aryl methyl sites for hydroxylation is 1. The number of piperidine rings is 2. The molecule has 2 aliphatic rings. The summed E-state index contributed by atoms with van der Waals surface area (Å²) in [5.74, 6) is 6.73. The molecule has 154 valence electrons. The first-order valence-corrected chi connectivity index (χ1v) is 10.8. The van der Waals surface area contributed by atoms with Crippen LogP contribution in [0.3, 0.4) is 0 Å². The van der Waals surface area contributed by atoms with Crippen molar-refractivity contribution in [1.29, 1.82) is 0 Å². The monoisotopic (exact) mass is 400 g/mol. The second kappa shape index (κ2) is 9.58. The summed E-state index contributed by atoms with van der Waals surface area (Å²) < 4.78 is 0. The Hall–Kier alpha value is -3.13. The highest BCUT2D eigenvalue weighted by Crippen LogP contribution is 2.26. The van der Waals surface area contributed by atoms with Crippen molar-refractivity contribution in [2.75, 3.05) is 31.1 Å². The maximum absolute atomic E-state index is 13.0. The van der Waals surface area contributed by atoms with Crippen LogP contribution in [-0.4, -0.2) is 47.0 Å². The molecule has 0 atom stereocenters. The number of hydrogen-bond acceptors (Lipinski definition) is 4. The molecule has 2 aromatic heterocycles. The Kier molecular flexibility index (Phi) is 6.44. The van der Waals surface area contributed by atoms with Crippen molar-refractivity contribution >= 4 is 11.6 Å². The lowest BCUT2D eigenvalue weighted by atomic mass is 9.93. The van der Waals surface area contributed by atoms with E-state index in [1.165, 1.54) is 11.3 Å². The van der Waals surface area contributed by atoms with Crippen LogP contribution < -0.4 is 4.90 Å². The van der Waals surface area contributed by atoms with E-state index >= 15 is 0 Å². The van der Waals surface area contributed by atoms with Crippen molar-refractivity contribution in [1.82, 2.24) is 14.9 Å². The number of amides is 1. The smallest absolute Gasteiger partial charge is 0.225 e. The predicted octanol–water partition coefficient (Wildman–Crippen LogP) is 3.60. The highest BCUT2D eigenvalue weighted by molar-refractivity contribution is 5.79. The number of hydrogen-bond donors (Lipinski definition) is 0. The van der Waals surface area contributed by atoms with Gasteiger partial charge in [-0.3, -0.25) is 9.78 Å². The van der Waals surface area contributed by atoms with Crippen molar-refractivity contribution in [3.8, 4) is 11.8 Å². The Morgan fingerprint density at radius 3 is 2.50 bits per heavy atom. The lowest BCUT2D eigenvalue weighted by Crippen LogP contribution is -2.44. The third-order valence-corrected chi connectivity index (χ3v) is 5.95. The zero-order valence-electron chi connectivity index (χ0n) is 17.6. The summed E-state index contributed by atoms with van der Waals surface area (Å²) in [6.45, 7) is 5.45. The second-order valence-electron chi connectivity index (χ2n) is 8.03. The molecule has 0 radical (unpaired) electrons. The number of likely N-dealkylation sites (tertiary alicyclic amines) is 1. The molecule has 4 heterocycles. The van der Waals surface area contributed by atoms with E-state index in [-0.39, 0.29) is 5.92 Å². The highest BCUT2D eigenvalue weighted by Gasteiger charge is 2.29. The van der Waals surface area contributed by atoms with Gasteiger partial charge in [0.1, 0.15) is 5.69 Å². The van der Waals surface area contributed by atoms with Gasteiger partial charge < -0.3 is 9.80 Å². The van der Waals surface area contributed by atoms with Crippen LogP contribution in [0.2, 0.25) is 0 Å². The molecule has 2 aromatic rings. The molecule has 0 unspecified atom stereocenters. The standard InChI is InChI=1S/C25H28N4O/c1-20-4-2-6-23(27-20)7-3-5-21-10-16-29(17-11-21)25(30)22-12-18-28(19-13-22)24-8-14-26-15-9-24/h2,4-6,8-9,14-15,22H,10-13,16-19H2,1H3. The molecule has 0 N–H and O–H groups in total. The largest absolute Gasteiger partial charge is 0.371 e. The number of pyridine rings is 2. The van der Waals surface area contributed by atoms with Crippen molar-refractivity contribution in [3.63, 3.8) is 0 Å². The molecule has 4 rings (SSSR count). The normalized spacial score (nSPS) is 17.3. The van der Waals surface area contributed by atoms with Gasteiger partial charge in [0.05, 0.1) is 0 Å². The van der Waals surface area contributed by atoms with Gasteiger partial charge in [-0.05, 0) is 68.9 Å². The van der Waals surface area contributed by atoms with E-state index in [1.54, 1.807) is 0 Å². The SMILES string of the molecule is Cc1cccc(C#CC=C2CCN(C(=O)C3CCN(c4ccncc4)CC3)CC2)n1. The second-order valence-corrected chi connectivity index (χ2v) is 8.03. The topological polar surface area (TPSA) is 49.3 Å². The van der Waals surface area contributed by atoms with Crippen LogP contribution in [-0.2, 0) is 4.79 Å². The number of nitrogens with zero attached hydrogens (tertiary/aromatic N) is 4. The minimum Gasteiger partial charge on any atom is -0.371 e. The molecule has 0 aromatic carbocycles. The van der Waals surface area contributed by atoms with E-state index in [0.717, 1.165) is 63.3 Å². The van der Waals surface area contributed by atoms with E-state index in [4.69, 9.17) is 0 Å². The Balaban J connectivity index is 1.26. The zero-order chi connectivity index (χ0) is 20.8. The van der Waals surface area contributed by atoms with Gasteiger partial charge in [-0.25, -0.2) is 4.98 Å². The summed E-state index contributed by atoms with van der Waals surface area (Å²) in [6, 6.07) is 9.96. The minimum atomic E-state index is 0.154. The van der Waals surface area contributed by atoms with Crippen molar-refractivity contribution in [2.24, 2.45) is 5.92 Å². The first-order valence-electron chi connectivity index (χ1n) is 10.8. The van der Waals surface area contributed by atoms with Gasteiger partial charge >= 0.3 is 0 Å². The molecule has 5 nitrogen and oxygen atoms in total. The number of anilines is 1. The number of carbonyl (C=O) groups is 1. The van der Waals surface area contributed by atoms with Gasteiger partial charge in [0.15, 0.2) is 0 Å². The van der Waals surface area contributed by atoms with Crippen LogP contribution in [0.25, 0.3) is 0 Å². The quantitative estimate of drug-likeness (QED) is 0.723. The van der Waals surface area contributed by atoms with Gasteiger partial charge in [0, 0.05) is 55.9 Å². The molecule has 2 saturated heterocycles. The molecular formula is C25H28N4O. The Morgan fingerprint density at radius 1 is 1.07 bits per heavy atom. The van der Waals surface area contributed by atoms with Crippen molar-refractivity contribution in [2.45, 2.75) is 32.6 Å². The van der Waals surface area contributed by atoms with E-state index in [1.807, 2.05) is 55.7 Å². The van der Waals surface area contributed by atoms with E-state index < -0.39 is 0 Å². The first kappa shape index (κ1) is 20.2. The third-order valence-electron chi connectivity index (χ3n) is 5.95. The number of aromatic nitrogens is 2. The Bertz CT molecular complexity index is 955. The summed E-state index contributed by atoms with van der Waals surface area (Å²) in [7, 11) is 0. The summed E-state index contributed by atoms with van der Waals surface area (Å²) in [4.78, 5) is 25.9. The van der Waals surface area contributed by atoms with Gasteiger partial charge in [-0.15, -0.1) is 0 Å². The van der Waals surface area contributed by atoms with Gasteiger partial charge in [-0.2, -0.15) is 0 Å². The molecule has 30 heavy (non-hydrogen) atoms. The van der Waals surface area contributed by atoms with Crippen LogP contribution in [0.5, 0.6) is 0 Å². The minimum absolute atomic E-state index is 0.154. The summed E-state index contributed by atoms with van der Waals surface area (Å²) >= 11 is 0. The lowest BCUT2D eigenvalue weighted by Gasteiger charge is -2.36. The molecule has 0 bridgehead atoms. The zero-order valence-corrected chi connectivity index (χ0v) is 17.6. The molecule has 0 saturated carbocycles. The highest BCUT2D eigenvalue weighted by atomic mass is 16.2. The van der Waals surface area contributed by atoms with Crippen LogP contribution >= 0.6 is 0 Å². The van der Waals surface area contributed by atoms with E-state index in [0.29, 0.717) is 5.91 Å². The summed E-state index contributed by atoms with van der Waals surface area (Å²) in [5.41, 5.74) is 4.31. The molecule has 2 aliphatic heterocycles. The van der Waals surface area contributed by atoms with Gasteiger partial charge in [-0.1, -0.05) is 17.6 Å². The molecule has 0 spiro atoms. The summed E-state index contributed by atoms with van der Waals surface area (Å²) in [5, 5.41) is 0. The van der Waals surface area contributed by atoms with Crippen LogP contribution in [0.4, 0.5) is 5.69 Å². The van der Waals surface area contributed by atoms with Crippen LogP contribution in [0, 0.1) is 24.7 Å². The molecule has 2 fully saturated rings. The fourth-order valence-electron chi connectivity index (χ4n) is 4.18. The number of carbonyl (C=O) groups excluding carboxylic acids is 1. The predicted molar refractivity (Wildman–Crippen MR) is 119 cm³/mol. The van der Waals surface area contributed by atoms with E-state index in [9.17, 15) is 4.79 Å². The lowest BCUT2D eigenvalue weighted by molar-refractivity contribution is -0.136. The van der Waals surface area contributed by atoms with E-state index in [2.05, 4.69) is 31.6 Å². The first-order chi connectivity index (χ1) is 14.7. The van der Waals surface area contributed by atoms with Gasteiger partial charge in [0.25, 0.3) is 0 Å². The van der Waals surface area contributed by atoms with Crippen molar-refractivity contribution < 1.29 is 4.79 Å². The number of allylic oxidation sites excluding steroid dienone is 1. The molecule has 1 amide bonds. The maximum atomic E-state index is 13.0. The van der Waals surface area contributed by atoms with Crippen LogP contribution in [0.15, 0.2) is 54.4 Å². The Labute approximate surface area is 178 Å². The van der Waals surface area contributed by atoms with Crippen LogP contribution in [0.1, 0.15) is 37.1 Å². The van der Waals surface area contributed by atoms with Crippen molar-refractivity contribution in [3.05, 3.63) is 65.8 Å². The number of rotatable bonds is 2. The fourth-order valence-corrected chi connectivity index (χ4v) is 4.18.